The van der Waals surface area contributed by atoms with E-state index in [1.165, 1.54) is 12.1 Å². The van der Waals surface area contributed by atoms with E-state index < -0.39 is 11.2 Å². The second kappa shape index (κ2) is 8.96. The van der Waals surface area contributed by atoms with Gasteiger partial charge in [0.25, 0.3) is 0 Å². The van der Waals surface area contributed by atoms with E-state index in [-0.39, 0.29) is 18.1 Å². The van der Waals surface area contributed by atoms with Gasteiger partial charge in [-0.25, -0.2) is 4.39 Å². The van der Waals surface area contributed by atoms with Crippen LogP contribution < -0.4 is 5.32 Å². The average Bonchev–Trinajstić information content (AvgIpc) is 3.35. The summed E-state index contributed by atoms with van der Waals surface area (Å²) in [5.74, 6) is 0.182. The number of hydrogen-bond acceptors (Lipinski definition) is 3. The molecular weight excluding hydrogens is 413 g/mol. The molecule has 0 saturated heterocycles. The Morgan fingerprint density at radius 2 is 1.94 bits per heavy atom. The highest BCUT2D eigenvalue weighted by molar-refractivity contribution is 7.90. The van der Waals surface area contributed by atoms with Gasteiger partial charge in [0.05, 0.1) is 19.2 Å². The molecule has 0 spiro atoms. The van der Waals surface area contributed by atoms with Crippen molar-refractivity contribution in [3.8, 4) is 0 Å². The summed E-state index contributed by atoms with van der Waals surface area (Å²) < 4.78 is 30.9. The molecule has 1 N–H and O–H groups in total. The van der Waals surface area contributed by atoms with Crippen LogP contribution >= 0.6 is 0 Å². The van der Waals surface area contributed by atoms with Crippen molar-refractivity contribution in [1.29, 1.82) is 0 Å². The van der Waals surface area contributed by atoms with Crippen molar-refractivity contribution < 1.29 is 18.2 Å². The van der Waals surface area contributed by atoms with Crippen molar-refractivity contribution >= 4 is 34.3 Å². The fraction of sp³-hybridized carbons (Fsp3) is 0.160. The van der Waals surface area contributed by atoms with Crippen molar-refractivity contribution in [1.82, 2.24) is 5.32 Å². The van der Waals surface area contributed by atoms with E-state index in [0.717, 1.165) is 38.3 Å². The Balaban J connectivity index is 1.63. The summed E-state index contributed by atoms with van der Waals surface area (Å²) in [7, 11) is 0. The first-order valence-corrected chi connectivity index (χ1v) is 11.4. The molecule has 158 valence electrons. The third-order valence-electron chi connectivity index (χ3n) is 5.35. The number of amides is 1. The number of halogens is 1. The fourth-order valence-electron chi connectivity index (χ4n) is 3.73. The maximum atomic E-state index is 14.0. The van der Waals surface area contributed by atoms with Crippen LogP contribution in [0.25, 0.3) is 17.2 Å². The largest absolute Gasteiger partial charge is 0.612 e. The molecule has 4 rings (SSSR count). The molecule has 0 radical (unpaired) electrons. The van der Waals surface area contributed by atoms with Gasteiger partial charge in [-0.2, -0.15) is 0 Å². The topological polar surface area (TPSA) is 65.3 Å². The van der Waals surface area contributed by atoms with Crippen LogP contribution in [0.1, 0.15) is 35.8 Å². The molecule has 3 aromatic rings. The zero-order valence-corrected chi connectivity index (χ0v) is 18.1. The first-order chi connectivity index (χ1) is 14.9. The van der Waals surface area contributed by atoms with Gasteiger partial charge in [0.2, 0.25) is 5.91 Å². The molecule has 6 heteroatoms. The first kappa shape index (κ1) is 21.2. The zero-order chi connectivity index (χ0) is 22.0. The van der Waals surface area contributed by atoms with Crippen LogP contribution in [0.2, 0.25) is 0 Å². The van der Waals surface area contributed by atoms with Crippen LogP contribution in [0, 0.1) is 5.82 Å². The number of nitrogens with one attached hydrogen (secondary N) is 1. The molecule has 0 fully saturated rings. The monoisotopic (exact) mass is 435 g/mol. The molecule has 1 amide bonds. The quantitative estimate of drug-likeness (QED) is 0.542. The number of fused-ring (bicyclic) bond motifs is 1. The van der Waals surface area contributed by atoms with Crippen molar-refractivity contribution in [2.45, 2.75) is 24.8 Å². The Morgan fingerprint density at radius 1 is 1.16 bits per heavy atom. The van der Waals surface area contributed by atoms with E-state index in [4.69, 9.17) is 4.42 Å². The number of allylic oxidation sites excluding steroid dienone is 2. The lowest BCUT2D eigenvalue weighted by molar-refractivity contribution is -0.120. The minimum absolute atomic E-state index is 0.147. The molecule has 31 heavy (non-hydrogen) atoms. The highest BCUT2D eigenvalue weighted by Gasteiger charge is 2.25. The summed E-state index contributed by atoms with van der Waals surface area (Å²) in [6, 6.07) is 15.7. The van der Waals surface area contributed by atoms with Gasteiger partial charge < -0.3 is 14.3 Å². The molecule has 0 aliphatic heterocycles. The van der Waals surface area contributed by atoms with Crippen molar-refractivity contribution in [3.63, 3.8) is 0 Å². The van der Waals surface area contributed by atoms with E-state index >= 15 is 0 Å². The van der Waals surface area contributed by atoms with Crippen LogP contribution in [-0.2, 0) is 22.5 Å². The van der Waals surface area contributed by atoms with E-state index in [2.05, 4.69) is 5.32 Å². The Labute approximate surface area is 183 Å². The van der Waals surface area contributed by atoms with Gasteiger partial charge in [0.15, 0.2) is 4.90 Å². The lowest BCUT2D eigenvalue weighted by atomic mass is 10.0. The Bertz CT molecular complexity index is 1160. The fourth-order valence-corrected chi connectivity index (χ4v) is 4.25. The average molecular weight is 436 g/mol. The summed E-state index contributed by atoms with van der Waals surface area (Å²) in [4.78, 5) is 13.3. The smallest absolute Gasteiger partial charge is 0.224 e. The summed E-state index contributed by atoms with van der Waals surface area (Å²) in [5, 5.41) is 2.85. The number of carbonyl (C=O) groups is 1. The molecule has 4 nitrogen and oxygen atoms in total. The SMILES string of the molecule is CC1=C(CC(=O)NCc2ccco2)c2cc(F)ccc2C1=Cc1ccc([S+](C)[O-])cc1. The van der Waals surface area contributed by atoms with Crippen LogP contribution in [0.15, 0.2) is 75.7 Å². The predicted octanol–water partition coefficient (Wildman–Crippen LogP) is 5.19. The van der Waals surface area contributed by atoms with Gasteiger partial charge in [-0.15, -0.1) is 0 Å². The molecule has 1 aromatic heterocycles. The van der Waals surface area contributed by atoms with Gasteiger partial charge in [-0.3, -0.25) is 4.79 Å². The highest BCUT2D eigenvalue weighted by Crippen LogP contribution is 2.43. The highest BCUT2D eigenvalue weighted by atomic mass is 32.2. The predicted molar refractivity (Wildman–Crippen MR) is 121 cm³/mol. The molecule has 1 unspecified atom stereocenters. The molecular formula is C25H22FNO3S. The second-order valence-electron chi connectivity index (χ2n) is 7.41. The molecule has 1 heterocycles. The maximum Gasteiger partial charge on any atom is 0.224 e. The number of benzene rings is 2. The van der Waals surface area contributed by atoms with Crippen LogP contribution in [-0.4, -0.2) is 16.7 Å². The third kappa shape index (κ3) is 4.65. The van der Waals surface area contributed by atoms with Crippen LogP contribution in [0.4, 0.5) is 4.39 Å². The van der Waals surface area contributed by atoms with Gasteiger partial charge in [-0.1, -0.05) is 6.07 Å². The van der Waals surface area contributed by atoms with Gasteiger partial charge in [0, 0.05) is 0 Å². The molecule has 1 aliphatic rings. The zero-order valence-electron chi connectivity index (χ0n) is 17.3. The number of furan rings is 1. The standard InChI is InChI=1S/C25H22FNO3S/c1-16-22(12-17-5-8-20(9-6-17)31(2)29)21-10-7-18(26)13-24(21)23(16)14-25(28)27-15-19-4-3-11-30-19/h3-13H,14-15H2,1-2H3,(H,27,28). The maximum absolute atomic E-state index is 14.0. The number of carbonyl (C=O) groups excluding carboxylic acids is 1. The lowest BCUT2D eigenvalue weighted by Crippen LogP contribution is -2.22. The molecule has 2 aromatic carbocycles. The summed E-state index contributed by atoms with van der Waals surface area (Å²) in [5.41, 5.74) is 5.29. The van der Waals surface area contributed by atoms with Crippen LogP contribution in [0.3, 0.4) is 0 Å². The Kier molecular flexibility index (Phi) is 6.11. The van der Waals surface area contributed by atoms with Gasteiger partial charge in [-0.05, 0) is 106 Å². The van der Waals surface area contributed by atoms with Crippen molar-refractivity contribution in [3.05, 3.63) is 94.7 Å². The summed E-state index contributed by atoms with van der Waals surface area (Å²) >= 11 is -1.04. The van der Waals surface area contributed by atoms with E-state index in [0.29, 0.717) is 12.3 Å². The van der Waals surface area contributed by atoms with E-state index in [9.17, 15) is 13.7 Å². The Morgan fingerprint density at radius 3 is 2.61 bits per heavy atom. The second-order valence-corrected chi connectivity index (χ2v) is 8.79. The van der Waals surface area contributed by atoms with Crippen molar-refractivity contribution in [2.75, 3.05) is 6.26 Å². The summed E-state index contributed by atoms with van der Waals surface area (Å²) in [6.07, 6.45) is 5.37. The van der Waals surface area contributed by atoms with E-state index in [1.807, 2.05) is 37.3 Å². The third-order valence-corrected chi connectivity index (χ3v) is 6.29. The summed E-state index contributed by atoms with van der Waals surface area (Å²) in [6.45, 7) is 2.26. The van der Waals surface area contributed by atoms with Crippen LogP contribution in [0.5, 0.6) is 0 Å². The number of rotatable bonds is 6. The Hall–Kier alpha value is -3.09. The van der Waals surface area contributed by atoms with E-state index in [1.54, 1.807) is 30.7 Å². The molecule has 1 atom stereocenters. The first-order valence-electron chi connectivity index (χ1n) is 9.87. The van der Waals surface area contributed by atoms with Gasteiger partial charge in [0.1, 0.15) is 17.8 Å². The minimum atomic E-state index is -1.04. The molecule has 0 saturated carbocycles. The molecule has 1 aliphatic carbocycles. The van der Waals surface area contributed by atoms with Gasteiger partial charge >= 0.3 is 0 Å². The molecule has 0 bridgehead atoms. The normalized spacial score (nSPS) is 15.3. The number of hydrogen-bond donors (Lipinski definition) is 1. The lowest BCUT2D eigenvalue weighted by Gasteiger charge is -2.07. The van der Waals surface area contributed by atoms with Crippen molar-refractivity contribution in [2.24, 2.45) is 0 Å². The minimum Gasteiger partial charge on any atom is -0.612 e.